The van der Waals surface area contributed by atoms with Gasteiger partial charge in [-0.1, -0.05) is 26.3 Å². The van der Waals surface area contributed by atoms with Crippen molar-refractivity contribution >= 4 is 29.8 Å². The molecule has 0 aromatic heterocycles. The lowest BCUT2D eigenvalue weighted by molar-refractivity contribution is -0.245. The smallest absolute Gasteiger partial charge is 0.342 e. The topological polar surface area (TPSA) is 164 Å². The van der Waals surface area contributed by atoms with Crippen molar-refractivity contribution in [2.45, 2.75) is 129 Å². The summed E-state index contributed by atoms with van der Waals surface area (Å²) in [7, 11) is 0. The van der Waals surface area contributed by atoms with E-state index in [2.05, 4.69) is 0 Å². The molecule has 12 nitrogen and oxygen atoms in total. The predicted molar refractivity (Wildman–Crippen MR) is 143 cm³/mol. The van der Waals surface area contributed by atoms with E-state index in [1.165, 1.54) is 20.8 Å². The largest absolute Gasteiger partial charge is 0.462 e. The Morgan fingerprint density at radius 2 is 1.60 bits per heavy atom. The molecule has 2 aliphatic heterocycles. The fraction of sp³-hybridized carbons (Fsp3) is 0.767. The van der Waals surface area contributed by atoms with Gasteiger partial charge in [-0.05, 0) is 32.3 Å². The van der Waals surface area contributed by atoms with Gasteiger partial charge >= 0.3 is 29.8 Å². The molecule has 0 radical (unpaired) electrons. The first-order valence-corrected chi connectivity index (χ1v) is 14.5. The summed E-state index contributed by atoms with van der Waals surface area (Å²) in [6.07, 6.45) is -4.30. The lowest BCUT2D eigenvalue weighted by Gasteiger charge is -2.57. The molecule has 2 aliphatic carbocycles. The molecule has 234 valence electrons. The van der Waals surface area contributed by atoms with Gasteiger partial charge < -0.3 is 33.5 Å². The zero-order chi connectivity index (χ0) is 31.4. The van der Waals surface area contributed by atoms with Crippen molar-refractivity contribution in [1.29, 1.82) is 0 Å². The Labute approximate surface area is 245 Å². The Kier molecular flexibility index (Phi) is 8.56. The number of hydrogen-bond donors (Lipinski definition) is 1. The van der Waals surface area contributed by atoms with Crippen LogP contribution in [0.3, 0.4) is 0 Å². The first kappa shape index (κ1) is 31.9. The summed E-state index contributed by atoms with van der Waals surface area (Å²) in [6.45, 7) is 12.2. The number of ether oxygens (including phenoxy) is 6. The van der Waals surface area contributed by atoms with Crippen LogP contribution in [0.4, 0.5) is 0 Å². The van der Waals surface area contributed by atoms with Crippen molar-refractivity contribution in [1.82, 2.24) is 0 Å². The Balaban J connectivity index is 2.04. The summed E-state index contributed by atoms with van der Waals surface area (Å²) in [6, 6.07) is 0. The number of aliphatic hydroxyl groups is 1. The maximum Gasteiger partial charge on any atom is 0.342 e. The zero-order valence-electron chi connectivity index (χ0n) is 25.5. The summed E-state index contributed by atoms with van der Waals surface area (Å²) in [4.78, 5) is 63.9. The Hall–Kier alpha value is -2.99. The first-order chi connectivity index (χ1) is 19.5. The van der Waals surface area contributed by atoms with E-state index < -0.39 is 94.9 Å². The van der Waals surface area contributed by atoms with Gasteiger partial charge in [-0.2, -0.15) is 0 Å². The molecule has 3 fully saturated rings. The number of esters is 5. The Morgan fingerprint density at radius 1 is 1.00 bits per heavy atom. The zero-order valence-corrected chi connectivity index (χ0v) is 25.5. The second-order valence-electron chi connectivity index (χ2n) is 12.5. The molecule has 0 unspecified atom stereocenters. The van der Waals surface area contributed by atoms with E-state index in [1.54, 1.807) is 33.8 Å². The van der Waals surface area contributed by atoms with Gasteiger partial charge in [0.1, 0.15) is 24.4 Å². The van der Waals surface area contributed by atoms with Gasteiger partial charge in [-0.15, -0.1) is 0 Å². The summed E-state index contributed by atoms with van der Waals surface area (Å²) in [5.41, 5.74) is -3.75. The number of hydrogen-bond acceptors (Lipinski definition) is 12. The summed E-state index contributed by atoms with van der Waals surface area (Å²) >= 11 is 0. The van der Waals surface area contributed by atoms with E-state index in [0.717, 1.165) is 0 Å². The Morgan fingerprint density at radius 3 is 2.14 bits per heavy atom. The molecule has 2 heterocycles. The number of epoxide rings is 1. The standard InChI is InChI=1S/C30H42O12/c1-9-10-23(35)40-20-11-14(2)12-22-30(29(8,42-30)27(36)41-22)26(39-18(6)33)24-15(3)19(34)13-21(37-16(4)31)28(24,7)25(20)38-17(5)32/h12,15,19-22,24-26,34H,9-11,13H2,1-8H3/b14-12-/t15-,19-,20-,21-,22-,24+,25+,26+,28-,29+,30-/m0/s1. The predicted octanol–water partition coefficient (Wildman–Crippen LogP) is 2.32. The van der Waals surface area contributed by atoms with Crippen molar-refractivity contribution in [3.05, 3.63) is 11.6 Å². The van der Waals surface area contributed by atoms with Gasteiger partial charge in [0.2, 0.25) is 0 Å². The fourth-order valence-electron chi connectivity index (χ4n) is 7.54. The maximum atomic E-state index is 13.1. The number of aliphatic hydroxyl groups excluding tert-OH is 1. The summed E-state index contributed by atoms with van der Waals surface area (Å²) in [5.74, 6) is -4.78. The fourth-order valence-corrected chi connectivity index (χ4v) is 7.54. The molecule has 0 aromatic rings. The van der Waals surface area contributed by atoms with Gasteiger partial charge in [0.15, 0.2) is 17.3 Å². The third kappa shape index (κ3) is 5.10. The third-order valence-electron chi connectivity index (χ3n) is 9.45. The van der Waals surface area contributed by atoms with Crippen molar-refractivity contribution < 1.29 is 57.5 Å². The van der Waals surface area contributed by atoms with Gasteiger partial charge in [0.25, 0.3) is 0 Å². The summed E-state index contributed by atoms with van der Waals surface area (Å²) in [5, 5.41) is 11.3. The van der Waals surface area contributed by atoms with Crippen molar-refractivity contribution in [2.24, 2.45) is 17.3 Å². The van der Waals surface area contributed by atoms with Gasteiger partial charge in [0.05, 0.1) is 11.5 Å². The molecule has 0 bridgehead atoms. The van der Waals surface area contributed by atoms with Crippen molar-refractivity contribution in [3.63, 3.8) is 0 Å². The molecular formula is C30H42O12. The number of carbonyl (C=O) groups excluding carboxylic acids is 5. The molecule has 4 rings (SSSR count). The first-order valence-electron chi connectivity index (χ1n) is 14.5. The second kappa shape index (κ2) is 11.3. The molecule has 2 saturated heterocycles. The van der Waals surface area contributed by atoms with Crippen molar-refractivity contribution in [2.75, 3.05) is 0 Å². The highest BCUT2D eigenvalue weighted by Gasteiger charge is 2.87. The minimum atomic E-state index is -1.48. The summed E-state index contributed by atoms with van der Waals surface area (Å²) < 4.78 is 35.8. The highest BCUT2D eigenvalue weighted by atomic mass is 16.7. The molecule has 1 N–H and O–H groups in total. The van der Waals surface area contributed by atoms with Crippen LogP contribution in [0.2, 0.25) is 0 Å². The van der Waals surface area contributed by atoms with Crippen LogP contribution < -0.4 is 0 Å². The van der Waals surface area contributed by atoms with E-state index in [9.17, 15) is 29.1 Å². The van der Waals surface area contributed by atoms with Gasteiger partial charge in [-0.3, -0.25) is 19.2 Å². The van der Waals surface area contributed by atoms with Crippen LogP contribution in [0.15, 0.2) is 11.6 Å². The minimum absolute atomic E-state index is 0.0350. The maximum absolute atomic E-state index is 13.1. The molecule has 4 aliphatic rings. The monoisotopic (exact) mass is 594 g/mol. The van der Waals surface area contributed by atoms with Crippen LogP contribution in [0.1, 0.15) is 81.1 Å². The van der Waals surface area contributed by atoms with Crippen LogP contribution >= 0.6 is 0 Å². The minimum Gasteiger partial charge on any atom is -0.462 e. The lowest BCUT2D eigenvalue weighted by Crippen LogP contribution is -2.68. The normalized spacial score (nSPS) is 43.6. The van der Waals surface area contributed by atoms with E-state index >= 15 is 0 Å². The quantitative estimate of drug-likeness (QED) is 0.207. The number of fused-ring (bicyclic) bond motifs is 1. The van der Waals surface area contributed by atoms with E-state index in [1.807, 2.05) is 6.92 Å². The third-order valence-corrected chi connectivity index (χ3v) is 9.45. The van der Waals surface area contributed by atoms with Crippen LogP contribution in [-0.4, -0.2) is 82.8 Å². The van der Waals surface area contributed by atoms with Crippen LogP contribution in [0.5, 0.6) is 0 Å². The SMILES string of the molecule is CCCC(=O)O[C@H]1C/C(C)=C\[C@@H]2OC(=O)[C@@]3(C)O[C@]23[C@H](OC(C)=O)[C@H]2[C@@H](C)[C@@H](O)C[C@H](OC(C)=O)[C@]2(C)[C@@H]1OC(C)=O. The molecular weight excluding hydrogens is 552 g/mol. The molecule has 1 spiro atoms. The highest BCUT2D eigenvalue weighted by molar-refractivity contribution is 5.89. The average Bonchev–Trinajstić information content (AvgIpc) is 3.45. The second-order valence-corrected chi connectivity index (χ2v) is 12.5. The molecule has 12 heteroatoms. The Bertz CT molecular complexity index is 1180. The number of rotatable bonds is 6. The van der Waals surface area contributed by atoms with Gasteiger partial charge in [0, 0.05) is 46.0 Å². The van der Waals surface area contributed by atoms with E-state index in [0.29, 0.717) is 12.0 Å². The molecule has 42 heavy (non-hydrogen) atoms. The van der Waals surface area contributed by atoms with Gasteiger partial charge in [-0.25, -0.2) is 4.79 Å². The van der Waals surface area contributed by atoms with Crippen LogP contribution in [-0.2, 0) is 52.4 Å². The highest BCUT2D eigenvalue weighted by Crippen LogP contribution is 2.65. The molecule has 11 atom stereocenters. The number of carbonyl (C=O) groups is 5. The van der Waals surface area contributed by atoms with Crippen LogP contribution in [0, 0.1) is 17.3 Å². The average molecular weight is 595 g/mol. The molecule has 1 saturated carbocycles. The van der Waals surface area contributed by atoms with E-state index in [-0.39, 0.29) is 19.3 Å². The van der Waals surface area contributed by atoms with E-state index in [4.69, 9.17) is 28.4 Å². The molecule has 0 aromatic carbocycles. The van der Waals surface area contributed by atoms with Crippen molar-refractivity contribution in [3.8, 4) is 0 Å². The lowest BCUT2D eigenvalue weighted by atomic mass is 9.53. The van der Waals surface area contributed by atoms with Crippen LogP contribution in [0.25, 0.3) is 0 Å². The molecule has 0 amide bonds.